The summed E-state index contributed by atoms with van der Waals surface area (Å²) in [6.07, 6.45) is 1.07. The van der Waals surface area contributed by atoms with Gasteiger partial charge >= 0.3 is 0 Å². The molecular weight excluding hydrogens is 467 g/mol. The fraction of sp³-hybridized carbons (Fsp3) is 0.350. The third kappa shape index (κ3) is 6.39. The number of halogens is 3. The number of alkyl halides is 2. The zero-order chi connectivity index (χ0) is 23.3. The lowest BCUT2D eigenvalue weighted by atomic mass is 10.1. The van der Waals surface area contributed by atoms with E-state index in [4.69, 9.17) is 0 Å². The number of hydrogen-bond donors (Lipinski definition) is 2. The Morgan fingerprint density at radius 1 is 1.19 bits per heavy atom. The molecule has 2 N–H and O–H groups in total. The molecule has 1 aromatic heterocycles. The monoisotopic (exact) mass is 487 g/mol. The fourth-order valence-corrected chi connectivity index (χ4v) is 4.97. The average Bonchev–Trinajstić information content (AvgIpc) is 3.41. The van der Waals surface area contributed by atoms with Crippen LogP contribution < -0.4 is 10.6 Å². The van der Waals surface area contributed by atoms with E-state index in [1.165, 1.54) is 5.38 Å². The van der Waals surface area contributed by atoms with Gasteiger partial charge in [-0.15, -0.1) is 11.3 Å². The first-order valence-electron chi connectivity index (χ1n) is 9.62. The topological polar surface area (TPSA) is 105 Å². The van der Waals surface area contributed by atoms with Crippen molar-refractivity contribution in [1.82, 2.24) is 15.6 Å². The molecule has 0 unspecified atom stereocenters. The van der Waals surface area contributed by atoms with Crippen LogP contribution in [-0.4, -0.2) is 43.6 Å². The van der Waals surface area contributed by atoms with Gasteiger partial charge in [0.25, 0.3) is 12.3 Å². The van der Waals surface area contributed by atoms with Crippen LogP contribution in [0.1, 0.15) is 34.8 Å². The summed E-state index contributed by atoms with van der Waals surface area (Å²) in [6.45, 7) is 0.254. The van der Waals surface area contributed by atoms with E-state index in [1.807, 2.05) is 6.08 Å². The van der Waals surface area contributed by atoms with Gasteiger partial charge in [-0.05, 0) is 36.6 Å². The summed E-state index contributed by atoms with van der Waals surface area (Å²) in [4.78, 5) is 27.7. The molecule has 0 spiro atoms. The summed E-state index contributed by atoms with van der Waals surface area (Å²) >= 11 is 0.714. The lowest BCUT2D eigenvalue weighted by molar-refractivity contribution is -0.120. The van der Waals surface area contributed by atoms with Crippen molar-refractivity contribution in [2.24, 2.45) is 5.92 Å². The number of rotatable bonds is 9. The number of nitrogens with zero attached hydrogens (tertiary/aromatic N) is 1. The van der Waals surface area contributed by atoms with Gasteiger partial charge in [0.15, 0.2) is 14.8 Å². The molecule has 7 nitrogen and oxygen atoms in total. The number of nitrogens with one attached hydrogen (secondary N) is 2. The van der Waals surface area contributed by atoms with E-state index in [2.05, 4.69) is 15.6 Å². The maximum Gasteiger partial charge on any atom is 0.289 e. The highest BCUT2D eigenvalue weighted by Gasteiger charge is 2.24. The number of carbonyl (C=O) groups is 2. The number of hydrogen-bond acceptors (Lipinski definition) is 6. The highest BCUT2D eigenvalue weighted by atomic mass is 32.2. The molecule has 0 saturated carbocycles. The molecule has 0 aliphatic heterocycles. The minimum Gasteiger partial charge on any atom is -0.355 e. The summed E-state index contributed by atoms with van der Waals surface area (Å²) in [6, 6.07) is 4.06. The van der Waals surface area contributed by atoms with Gasteiger partial charge in [-0.25, -0.2) is 26.6 Å². The third-order valence-electron chi connectivity index (χ3n) is 4.76. The van der Waals surface area contributed by atoms with Crippen LogP contribution in [0, 0.1) is 11.7 Å². The maximum atomic E-state index is 12.9. The summed E-state index contributed by atoms with van der Waals surface area (Å²) in [5.41, 5.74) is -0.0715. The van der Waals surface area contributed by atoms with Crippen molar-refractivity contribution in [1.29, 1.82) is 0 Å². The number of benzene rings is 1. The summed E-state index contributed by atoms with van der Waals surface area (Å²) in [7, 11) is -3.70. The van der Waals surface area contributed by atoms with E-state index < -0.39 is 44.7 Å². The molecule has 2 aromatic rings. The Balaban J connectivity index is 1.40. The van der Waals surface area contributed by atoms with E-state index in [0.29, 0.717) is 17.8 Å². The highest BCUT2D eigenvalue weighted by Crippen LogP contribution is 2.23. The average molecular weight is 488 g/mol. The van der Waals surface area contributed by atoms with Gasteiger partial charge in [0, 0.05) is 24.4 Å². The van der Waals surface area contributed by atoms with E-state index in [1.54, 1.807) is 6.08 Å². The molecule has 32 heavy (non-hydrogen) atoms. The lowest BCUT2D eigenvalue weighted by Gasteiger charge is -2.14. The van der Waals surface area contributed by atoms with Gasteiger partial charge in [0.2, 0.25) is 5.91 Å². The van der Waals surface area contributed by atoms with Gasteiger partial charge in [-0.1, -0.05) is 12.2 Å². The third-order valence-corrected chi connectivity index (χ3v) is 7.35. The Kier molecular flexibility index (Phi) is 7.67. The molecule has 2 amide bonds. The molecule has 1 aromatic carbocycles. The molecule has 172 valence electrons. The van der Waals surface area contributed by atoms with Crippen molar-refractivity contribution < 1.29 is 31.2 Å². The molecule has 1 aliphatic rings. The highest BCUT2D eigenvalue weighted by molar-refractivity contribution is 7.91. The van der Waals surface area contributed by atoms with Crippen LogP contribution in [0.3, 0.4) is 0 Å². The van der Waals surface area contributed by atoms with Crippen molar-refractivity contribution in [3.63, 3.8) is 0 Å². The molecule has 1 heterocycles. The first kappa shape index (κ1) is 23.9. The van der Waals surface area contributed by atoms with Crippen molar-refractivity contribution in [3.05, 3.63) is 58.3 Å². The normalized spacial score (nSPS) is 18.1. The summed E-state index contributed by atoms with van der Waals surface area (Å²) < 4.78 is 62.5. The Morgan fingerprint density at radius 2 is 1.91 bits per heavy atom. The number of thiazole rings is 1. The second kappa shape index (κ2) is 10.3. The van der Waals surface area contributed by atoms with Gasteiger partial charge in [-0.2, -0.15) is 0 Å². The minimum absolute atomic E-state index is 0.0511. The molecule has 2 atom stereocenters. The molecule has 12 heteroatoms. The van der Waals surface area contributed by atoms with E-state index in [0.717, 1.165) is 24.3 Å². The largest absolute Gasteiger partial charge is 0.355 e. The van der Waals surface area contributed by atoms with Crippen molar-refractivity contribution in [2.75, 3.05) is 12.3 Å². The number of carbonyl (C=O) groups excluding carboxylic acids is 2. The Hall–Kier alpha value is -2.73. The zero-order valence-corrected chi connectivity index (χ0v) is 18.3. The molecule has 0 bridgehead atoms. The van der Waals surface area contributed by atoms with Crippen molar-refractivity contribution in [3.8, 4) is 0 Å². The smallest absolute Gasteiger partial charge is 0.289 e. The summed E-state index contributed by atoms with van der Waals surface area (Å²) in [5.74, 6) is -2.04. The van der Waals surface area contributed by atoms with Gasteiger partial charge in [-0.3, -0.25) is 9.59 Å². The lowest BCUT2D eigenvalue weighted by Crippen LogP contribution is -2.35. The van der Waals surface area contributed by atoms with Gasteiger partial charge in [0.05, 0.1) is 10.6 Å². The Labute approximate surface area is 186 Å². The van der Waals surface area contributed by atoms with E-state index >= 15 is 0 Å². The summed E-state index contributed by atoms with van der Waals surface area (Å²) in [5, 5.41) is 6.20. The zero-order valence-electron chi connectivity index (χ0n) is 16.6. The van der Waals surface area contributed by atoms with E-state index in [9.17, 15) is 31.2 Å². The maximum absolute atomic E-state index is 12.9. The van der Waals surface area contributed by atoms with Gasteiger partial charge < -0.3 is 10.6 Å². The molecule has 1 aliphatic carbocycles. The van der Waals surface area contributed by atoms with Crippen molar-refractivity contribution in [2.45, 2.75) is 30.2 Å². The number of aromatic nitrogens is 1. The Morgan fingerprint density at radius 3 is 2.56 bits per heavy atom. The van der Waals surface area contributed by atoms with Crippen LogP contribution in [0.25, 0.3) is 0 Å². The molecule has 0 saturated heterocycles. The molecular formula is C20H20F3N3O4S2. The molecule has 0 radical (unpaired) electrons. The quantitative estimate of drug-likeness (QED) is 0.418. The minimum atomic E-state index is -3.70. The molecule has 0 fully saturated rings. The second-order valence-electron chi connectivity index (χ2n) is 7.16. The van der Waals surface area contributed by atoms with Crippen LogP contribution in [0.5, 0.6) is 0 Å². The predicted octanol–water partition coefficient (Wildman–Crippen LogP) is 2.87. The fourth-order valence-electron chi connectivity index (χ4n) is 3.09. The second-order valence-corrected chi connectivity index (χ2v) is 10.2. The van der Waals surface area contributed by atoms with Crippen LogP contribution >= 0.6 is 11.3 Å². The predicted molar refractivity (Wildman–Crippen MR) is 112 cm³/mol. The Bertz CT molecular complexity index is 1100. The van der Waals surface area contributed by atoms with E-state index in [-0.39, 0.29) is 35.5 Å². The SMILES string of the molecule is O=C(CCS(=O)(=O)c1ccc(F)cc1)NC[C@H]1C=C[C@@H](NC(=O)c2csc(C(F)F)n2)C1. The van der Waals surface area contributed by atoms with Crippen LogP contribution in [0.2, 0.25) is 0 Å². The van der Waals surface area contributed by atoms with Crippen LogP contribution in [0.15, 0.2) is 46.7 Å². The first-order chi connectivity index (χ1) is 15.1. The molecule has 3 rings (SSSR count). The first-order valence-corrected chi connectivity index (χ1v) is 12.1. The van der Waals surface area contributed by atoms with Crippen molar-refractivity contribution >= 4 is 33.0 Å². The van der Waals surface area contributed by atoms with Crippen LogP contribution in [0.4, 0.5) is 13.2 Å². The van der Waals surface area contributed by atoms with Gasteiger partial charge in [0.1, 0.15) is 11.5 Å². The van der Waals surface area contributed by atoms with Crippen LogP contribution in [-0.2, 0) is 14.6 Å². The standard InChI is InChI=1S/C20H20F3N3O4S2/c21-13-2-5-15(6-3-13)32(29,30)8-7-17(27)24-10-12-1-4-14(9-12)25-19(28)16-11-31-20(26-16)18(22)23/h1-6,11-12,14,18H,7-10H2,(H,24,27)(H,25,28)/t12-,14+/m0/s1. The number of amides is 2. The number of sulfone groups is 1.